The molecule has 1 amide bonds. The lowest BCUT2D eigenvalue weighted by Crippen LogP contribution is -2.19. The molecule has 4 nitrogen and oxygen atoms in total. The quantitative estimate of drug-likeness (QED) is 0.640. The van der Waals surface area contributed by atoms with Crippen LogP contribution in [0.15, 0.2) is 29.4 Å². The molecule has 0 aliphatic carbocycles. The molecule has 0 atom stereocenters. The van der Waals surface area contributed by atoms with Crippen molar-refractivity contribution >= 4 is 17.8 Å². The molecule has 66 valence electrons. The standard InChI is InChI=1S/C9H8N2O2/c12-9-6-13-10-5-7-3-1-2-4-8(7)11-9/h1-5H,6H2,(H,11,12). The first-order chi connectivity index (χ1) is 6.36. The second kappa shape index (κ2) is 3.26. The van der Waals surface area contributed by atoms with E-state index in [1.165, 1.54) is 0 Å². The van der Waals surface area contributed by atoms with Crippen molar-refractivity contribution in [2.75, 3.05) is 11.9 Å². The largest absolute Gasteiger partial charge is 0.386 e. The van der Waals surface area contributed by atoms with Gasteiger partial charge in [0.25, 0.3) is 5.91 Å². The summed E-state index contributed by atoms with van der Waals surface area (Å²) in [5.74, 6) is -0.190. The fraction of sp³-hybridized carbons (Fsp3) is 0.111. The Labute approximate surface area is 75.2 Å². The van der Waals surface area contributed by atoms with Crippen molar-refractivity contribution in [1.82, 2.24) is 0 Å². The summed E-state index contributed by atoms with van der Waals surface area (Å²) in [6.07, 6.45) is 1.58. The van der Waals surface area contributed by atoms with Crippen LogP contribution >= 0.6 is 0 Å². The number of rotatable bonds is 0. The Morgan fingerprint density at radius 1 is 1.38 bits per heavy atom. The third kappa shape index (κ3) is 1.66. The first-order valence-corrected chi connectivity index (χ1v) is 3.90. The van der Waals surface area contributed by atoms with Crippen LogP contribution < -0.4 is 5.32 Å². The van der Waals surface area contributed by atoms with Crippen LogP contribution in [0.2, 0.25) is 0 Å². The van der Waals surface area contributed by atoms with E-state index in [4.69, 9.17) is 4.84 Å². The summed E-state index contributed by atoms with van der Waals surface area (Å²) in [5, 5.41) is 6.34. The molecule has 0 fully saturated rings. The predicted octanol–water partition coefficient (Wildman–Crippen LogP) is 0.989. The zero-order valence-electron chi connectivity index (χ0n) is 6.86. The molecule has 13 heavy (non-hydrogen) atoms. The molecule has 0 aromatic heterocycles. The smallest absolute Gasteiger partial charge is 0.265 e. The van der Waals surface area contributed by atoms with Gasteiger partial charge in [0.1, 0.15) is 0 Å². The lowest BCUT2D eigenvalue weighted by atomic mass is 10.2. The van der Waals surface area contributed by atoms with Gasteiger partial charge in [-0.1, -0.05) is 23.4 Å². The minimum atomic E-state index is -0.190. The Balaban J connectivity index is 2.41. The van der Waals surface area contributed by atoms with Gasteiger partial charge in [-0.05, 0) is 6.07 Å². The van der Waals surface area contributed by atoms with Crippen molar-refractivity contribution in [2.45, 2.75) is 0 Å². The second-order valence-corrected chi connectivity index (χ2v) is 2.64. The Morgan fingerprint density at radius 3 is 3.15 bits per heavy atom. The number of para-hydroxylation sites is 1. The van der Waals surface area contributed by atoms with Gasteiger partial charge >= 0.3 is 0 Å². The third-order valence-corrected chi connectivity index (χ3v) is 1.70. The molecular formula is C9H8N2O2. The van der Waals surface area contributed by atoms with Crippen molar-refractivity contribution < 1.29 is 9.63 Å². The Morgan fingerprint density at radius 2 is 2.23 bits per heavy atom. The first-order valence-electron chi connectivity index (χ1n) is 3.90. The van der Waals surface area contributed by atoms with E-state index in [1.54, 1.807) is 6.21 Å². The Bertz CT molecular complexity index is 360. The van der Waals surface area contributed by atoms with Crippen molar-refractivity contribution in [3.63, 3.8) is 0 Å². The van der Waals surface area contributed by atoms with Crippen molar-refractivity contribution in [1.29, 1.82) is 0 Å². The molecule has 1 aromatic rings. The highest BCUT2D eigenvalue weighted by molar-refractivity contribution is 5.98. The summed E-state index contributed by atoms with van der Waals surface area (Å²) in [5.41, 5.74) is 1.61. The number of carbonyl (C=O) groups is 1. The molecule has 1 aromatic carbocycles. The van der Waals surface area contributed by atoms with Crippen molar-refractivity contribution in [2.24, 2.45) is 5.16 Å². The van der Waals surface area contributed by atoms with Gasteiger partial charge < -0.3 is 10.2 Å². The fourth-order valence-electron chi connectivity index (χ4n) is 1.10. The van der Waals surface area contributed by atoms with Gasteiger partial charge in [0.2, 0.25) is 0 Å². The number of amides is 1. The van der Waals surface area contributed by atoms with Crippen LogP contribution in [0.3, 0.4) is 0 Å². The molecule has 1 heterocycles. The summed E-state index contributed by atoms with van der Waals surface area (Å²) < 4.78 is 0. The van der Waals surface area contributed by atoms with Gasteiger partial charge in [-0.2, -0.15) is 0 Å². The van der Waals surface area contributed by atoms with E-state index in [0.717, 1.165) is 11.3 Å². The van der Waals surface area contributed by atoms with Crippen molar-refractivity contribution in [3.8, 4) is 0 Å². The van der Waals surface area contributed by atoms with E-state index in [0.29, 0.717) is 0 Å². The van der Waals surface area contributed by atoms with Gasteiger partial charge in [0, 0.05) is 11.3 Å². The van der Waals surface area contributed by atoms with Crippen LogP contribution in [0.5, 0.6) is 0 Å². The Hall–Kier alpha value is -1.84. The zero-order chi connectivity index (χ0) is 9.10. The summed E-state index contributed by atoms with van der Waals surface area (Å²) in [6.45, 7) is -0.0369. The SMILES string of the molecule is O=C1CON=Cc2ccccc2N1. The highest BCUT2D eigenvalue weighted by atomic mass is 16.6. The monoisotopic (exact) mass is 176 g/mol. The average Bonchev–Trinajstić information content (AvgIpc) is 2.11. The third-order valence-electron chi connectivity index (χ3n) is 1.70. The number of hydrogen-bond acceptors (Lipinski definition) is 3. The van der Waals surface area contributed by atoms with E-state index in [-0.39, 0.29) is 12.5 Å². The number of fused-ring (bicyclic) bond motifs is 1. The van der Waals surface area contributed by atoms with Crippen LogP contribution in [0.4, 0.5) is 5.69 Å². The average molecular weight is 176 g/mol. The predicted molar refractivity (Wildman–Crippen MR) is 48.6 cm³/mol. The molecule has 0 saturated carbocycles. The first kappa shape index (κ1) is 7.79. The Kier molecular flexibility index (Phi) is 1.96. The van der Waals surface area contributed by atoms with Crippen LogP contribution in [-0.4, -0.2) is 18.7 Å². The highest BCUT2D eigenvalue weighted by Crippen LogP contribution is 2.13. The summed E-state index contributed by atoms with van der Waals surface area (Å²) in [4.78, 5) is 15.8. The molecule has 1 N–H and O–H groups in total. The van der Waals surface area contributed by atoms with Gasteiger partial charge in [0.05, 0.1) is 6.21 Å². The number of benzene rings is 1. The maximum Gasteiger partial charge on any atom is 0.265 e. The van der Waals surface area contributed by atoms with Gasteiger partial charge in [-0.3, -0.25) is 4.79 Å². The summed E-state index contributed by atoms with van der Waals surface area (Å²) >= 11 is 0. The van der Waals surface area contributed by atoms with Crippen LogP contribution in [0.25, 0.3) is 0 Å². The topological polar surface area (TPSA) is 50.7 Å². The molecule has 0 saturated heterocycles. The number of carbonyl (C=O) groups excluding carboxylic acids is 1. The normalized spacial score (nSPS) is 14.9. The number of nitrogens with one attached hydrogen (secondary N) is 1. The number of hydrogen-bond donors (Lipinski definition) is 1. The van der Waals surface area contributed by atoms with Crippen LogP contribution in [0, 0.1) is 0 Å². The second-order valence-electron chi connectivity index (χ2n) is 2.64. The lowest BCUT2D eigenvalue weighted by Gasteiger charge is -2.09. The van der Waals surface area contributed by atoms with Crippen LogP contribution in [0.1, 0.15) is 5.56 Å². The van der Waals surface area contributed by atoms with Gasteiger partial charge in [-0.15, -0.1) is 0 Å². The van der Waals surface area contributed by atoms with Crippen LogP contribution in [-0.2, 0) is 9.63 Å². The summed E-state index contributed by atoms with van der Waals surface area (Å²) in [7, 11) is 0. The lowest BCUT2D eigenvalue weighted by molar-refractivity contribution is -0.120. The minimum Gasteiger partial charge on any atom is -0.386 e. The maximum atomic E-state index is 11.1. The molecule has 0 bridgehead atoms. The molecule has 0 radical (unpaired) electrons. The van der Waals surface area contributed by atoms with E-state index < -0.39 is 0 Å². The number of oxime groups is 1. The van der Waals surface area contributed by atoms with E-state index in [1.807, 2.05) is 24.3 Å². The maximum absolute atomic E-state index is 11.1. The highest BCUT2D eigenvalue weighted by Gasteiger charge is 2.07. The van der Waals surface area contributed by atoms with Gasteiger partial charge in [0.15, 0.2) is 6.61 Å². The molecular weight excluding hydrogens is 168 g/mol. The minimum absolute atomic E-state index is 0.0369. The zero-order valence-corrected chi connectivity index (χ0v) is 6.86. The van der Waals surface area contributed by atoms with Gasteiger partial charge in [-0.25, -0.2) is 0 Å². The van der Waals surface area contributed by atoms with Crippen molar-refractivity contribution in [3.05, 3.63) is 29.8 Å². The summed E-state index contributed by atoms with van der Waals surface area (Å²) in [6, 6.07) is 7.41. The molecule has 4 heteroatoms. The van der Waals surface area contributed by atoms with E-state index in [2.05, 4.69) is 10.5 Å². The van der Waals surface area contributed by atoms with E-state index in [9.17, 15) is 4.79 Å². The number of nitrogens with zero attached hydrogens (tertiary/aromatic N) is 1. The molecule has 0 spiro atoms. The number of anilines is 1. The fourth-order valence-corrected chi connectivity index (χ4v) is 1.10. The molecule has 2 rings (SSSR count). The molecule has 0 unspecified atom stereocenters. The molecule has 1 aliphatic heterocycles. The molecule has 1 aliphatic rings. The van der Waals surface area contributed by atoms with E-state index >= 15 is 0 Å².